The molecular formula is C14H11FN2O2. The minimum Gasteiger partial charge on any atom is -0.464 e. The quantitative estimate of drug-likeness (QED) is 0.612. The van der Waals surface area contributed by atoms with Crippen molar-refractivity contribution in [2.75, 3.05) is 7.11 Å². The van der Waals surface area contributed by atoms with E-state index in [4.69, 9.17) is 0 Å². The van der Waals surface area contributed by atoms with Gasteiger partial charge in [-0.15, -0.1) is 5.92 Å². The van der Waals surface area contributed by atoms with E-state index in [9.17, 15) is 9.18 Å². The van der Waals surface area contributed by atoms with Gasteiger partial charge in [0.1, 0.15) is 11.5 Å². The van der Waals surface area contributed by atoms with Gasteiger partial charge < -0.3 is 9.30 Å². The van der Waals surface area contributed by atoms with Crippen LogP contribution in [0, 0.1) is 17.7 Å². The van der Waals surface area contributed by atoms with E-state index in [0.29, 0.717) is 11.3 Å². The van der Waals surface area contributed by atoms with Crippen molar-refractivity contribution in [3.05, 3.63) is 47.8 Å². The summed E-state index contributed by atoms with van der Waals surface area (Å²) in [4.78, 5) is 15.6. The van der Waals surface area contributed by atoms with Crippen molar-refractivity contribution in [1.29, 1.82) is 0 Å². The summed E-state index contributed by atoms with van der Waals surface area (Å²) in [7, 11) is 1.24. The molecule has 2 aromatic rings. The smallest absolute Gasteiger partial charge is 0.355 e. The molecule has 2 aromatic heterocycles. The zero-order valence-corrected chi connectivity index (χ0v) is 10.5. The number of pyridine rings is 1. The first kappa shape index (κ1) is 12.8. The number of nitrogens with zero attached hydrogens (tertiary/aromatic N) is 2. The van der Waals surface area contributed by atoms with Gasteiger partial charge in [-0.05, 0) is 13.0 Å². The van der Waals surface area contributed by atoms with Gasteiger partial charge in [-0.2, -0.15) is 0 Å². The maximum Gasteiger partial charge on any atom is 0.355 e. The summed E-state index contributed by atoms with van der Waals surface area (Å²) in [5.74, 6) is 4.47. The van der Waals surface area contributed by atoms with Gasteiger partial charge in [0.05, 0.1) is 19.0 Å². The summed E-state index contributed by atoms with van der Waals surface area (Å²) in [5.41, 5.74) is 1.33. The standard InChI is InChI=1S/C14H11FN2O2/c1-3-4-10-5-12(8-16-7-10)17-9-11(15)6-13(17)14(18)19-2/h5-9H,1-2H3. The van der Waals surface area contributed by atoms with E-state index in [0.717, 1.165) is 6.07 Å². The molecule has 2 rings (SSSR count). The van der Waals surface area contributed by atoms with Crippen LogP contribution in [0.5, 0.6) is 0 Å². The lowest BCUT2D eigenvalue weighted by Crippen LogP contribution is -2.08. The third kappa shape index (κ3) is 2.63. The van der Waals surface area contributed by atoms with E-state index in [1.807, 2.05) is 0 Å². The molecular weight excluding hydrogens is 247 g/mol. The molecule has 0 saturated carbocycles. The number of hydrogen-bond acceptors (Lipinski definition) is 3. The predicted molar refractivity (Wildman–Crippen MR) is 67.4 cm³/mol. The van der Waals surface area contributed by atoms with Gasteiger partial charge in [0.25, 0.3) is 0 Å². The summed E-state index contributed by atoms with van der Waals surface area (Å²) in [6.07, 6.45) is 4.32. The lowest BCUT2D eigenvalue weighted by atomic mass is 10.2. The van der Waals surface area contributed by atoms with Crippen LogP contribution in [0.25, 0.3) is 5.69 Å². The van der Waals surface area contributed by atoms with Crippen molar-refractivity contribution in [2.45, 2.75) is 6.92 Å². The molecule has 2 heterocycles. The van der Waals surface area contributed by atoms with Gasteiger partial charge in [-0.3, -0.25) is 4.98 Å². The minimum absolute atomic E-state index is 0.100. The highest BCUT2D eigenvalue weighted by molar-refractivity contribution is 5.88. The molecule has 0 aromatic carbocycles. The van der Waals surface area contributed by atoms with Gasteiger partial charge in [-0.1, -0.05) is 5.92 Å². The van der Waals surface area contributed by atoms with Crippen molar-refractivity contribution >= 4 is 5.97 Å². The molecule has 0 fully saturated rings. The Labute approximate surface area is 109 Å². The molecule has 0 unspecified atom stereocenters. The van der Waals surface area contributed by atoms with Gasteiger partial charge >= 0.3 is 5.97 Å². The third-order valence-corrected chi connectivity index (χ3v) is 2.45. The predicted octanol–water partition coefficient (Wildman–Crippen LogP) is 2.17. The average Bonchev–Trinajstić information content (AvgIpc) is 2.81. The number of hydrogen-bond donors (Lipinski definition) is 0. The minimum atomic E-state index is -0.615. The monoisotopic (exact) mass is 258 g/mol. The molecule has 0 bridgehead atoms. The number of halogens is 1. The summed E-state index contributed by atoms with van der Waals surface area (Å²) in [6, 6.07) is 2.83. The number of rotatable bonds is 2. The SMILES string of the molecule is CC#Cc1cncc(-n2cc(F)cc2C(=O)OC)c1. The van der Waals surface area contributed by atoms with Crippen LogP contribution in [0.15, 0.2) is 30.7 Å². The summed E-state index contributed by atoms with van der Waals surface area (Å²) in [5, 5.41) is 0. The largest absolute Gasteiger partial charge is 0.464 e. The Kier molecular flexibility index (Phi) is 3.62. The lowest BCUT2D eigenvalue weighted by Gasteiger charge is -2.07. The summed E-state index contributed by atoms with van der Waals surface area (Å²) < 4.78 is 19.3. The molecule has 0 N–H and O–H groups in total. The highest BCUT2D eigenvalue weighted by Gasteiger charge is 2.15. The van der Waals surface area contributed by atoms with Gasteiger partial charge in [0.2, 0.25) is 0 Å². The second kappa shape index (κ2) is 5.36. The molecule has 0 aliphatic carbocycles. The zero-order chi connectivity index (χ0) is 13.8. The van der Waals surface area contributed by atoms with E-state index in [-0.39, 0.29) is 5.69 Å². The number of carbonyl (C=O) groups is 1. The molecule has 5 heteroatoms. The lowest BCUT2D eigenvalue weighted by molar-refractivity contribution is 0.0591. The molecule has 0 amide bonds. The normalized spacial score (nSPS) is 9.63. The van der Waals surface area contributed by atoms with E-state index in [2.05, 4.69) is 21.6 Å². The second-order valence-corrected chi connectivity index (χ2v) is 3.71. The number of esters is 1. The van der Waals surface area contributed by atoms with Crippen molar-refractivity contribution in [1.82, 2.24) is 9.55 Å². The molecule has 19 heavy (non-hydrogen) atoms. The van der Waals surface area contributed by atoms with Crippen LogP contribution < -0.4 is 0 Å². The molecule has 0 spiro atoms. The third-order valence-electron chi connectivity index (χ3n) is 2.45. The van der Waals surface area contributed by atoms with Crippen molar-refractivity contribution < 1.29 is 13.9 Å². The second-order valence-electron chi connectivity index (χ2n) is 3.71. The Bertz CT molecular complexity index is 680. The maximum absolute atomic E-state index is 13.3. The summed E-state index contributed by atoms with van der Waals surface area (Å²) >= 11 is 0. The van der Waals surface area contributed by atoms with Crippen LogP contribution in [-0.2, 0) is 4.74 Å². The zero-order valence-electron chi connectivity index (χ0n) is 10.5. The van der Waals surface area contributed by atoms with Crippen molar-refractivity contribution in [3.8, 4) is 17.5 Å². The fourth-order valence-corrected chi connectivity index (χ4v) is 1.68. The van der Waals surface area contributed by atoms with Gasteiger partial charge in [0.15, 0.2) is 0 Å². The molecule has 96 valence electrons. The van der Waals surface area contributed by atoms with Crippen LogP contribution in [0.3, 0.4) is 0 Å². The highest BCUT2D eigenvalue weighted by Crippen LogP contribution is 2.16. The summed E-state index contributed by atoms with van der Waals surface area (Å²) in [6.45, 7) is 1.71. The maximum atomic E-state index is 13.3. The average molecular weight is 258 g/mol. The Balaban J connectivity index is 2.54. The number of carbonyl (C=O) groups excluding carboxylic acids is 1. The Morgan fingerprint density at radius 3 is 2.89 bits per heavy atom. The van der Waals surface area contributed by atoms with Gasteiger partial charge in [-0.25, -0.2) is 9.18 Å². The number of methoxy groups -OCH3 is 1. The molecule has 0 radical (unpaired) electrons. The van der Waals surface area contributed by atoms with Crippen LogP contribution in [-0.4, -0.2) is 22.6 Å². The molecule has 0 aliphatic rings. The fraction of sp³-hybridized carbons (Fsp3) is 0.143. The first-order valence-corrected chi connectivity index (χ1v) is 5.50. The topological polar surface area (TPSA) is 44.1 Å². The van der Waals surface area contributed by atoms with E-state index in [1.54, 1.807) is 19.2 Å². The number of aromatic nitrogens is 2. The van der Waals surface area contributed by atoms with Gasteiger partial charge in [0, 0.05) is 24.0 Å². The van der Waals surface area contributed by atoms with E-state index < -0.39 is 11.8 Å². The molecule has 4 nitrogen and oxygen atoms in total. The molecule has 0 saturated heterocycles. The Hall–Kier alpha value is -2.61. The first-order chi connectivity index (χ1) is 9.15. The van der Waals surface area contributed by atoms with Crippen LogP contribution >= 0.6 is 0 Å². The Morgan fingerprint density at radius 2 is 2.21 bits per heavy atom. The van der Waals surface area contributed by atoms with E-state index >= 15 is 0 Å². The van der Waals surface area contributed by atoms with E-state index in [1.165, 1.54) is 24.1 Å². The highest BCUT2D eigenvalue weighted by atomic mass is 19.1. The number of ether oxygens (including phenoxy) is 1. The van der Waals surface area contributed by atoms with Crippen molar-refractivity contribution in [2.24, 2.45) is 0 Å². The molecule has 0 atom stereocenters. The van der Waals surface area contributed by atoms with Crippen LogP contribution in [0.2, 0.25) is 0 Å². The Morgan fingerprint density at radius 1 is 1.42 bits per heavy atom. The molecule has 0 aliphatic heterocycles. The van der Waals surface area contributed by atoms with Crippen LogP contribution in [0.4, 0.5) is 4.39 Å². The fourth-order valence-electron chi connectivity index (χ4n) is 1.68. The van der Waals surface area contributed by atoms with Crippen molar-refractivity contribution in [3.63, 3.8) is 0 Å². The van der Waals surface area contributed by atoms with Crippen LogP contribution in [0.1, 0.15) is 23.0 Å². The first-order valence-electron chi connectivity index (χ1n) is 5.50.